The molecule has 1 aromatic heterocycles. The van der Waals surface area contributed by atoms with Crippen LogP contribution in [0.3, 0.4) is 0 Å². The third kappa shape index (κ3) is 4.74. The number of ketones is 1. The molecule has 5 nitrogen and oxygen atoms in total. The molecule has 0 aliphatic carbocycles. The zero-order chi connectivity index (χ0) is 21.1. The van der Waals surface area contributed by atoms with Gasteiger partial charge in [-0.25, -0.2) is 4.39 Å². The quantitative estimate of drug-likeness (QED) is 0.419. The van der Waals surface area contributed by atoms with E-state index in [4.69, 9.17) is 0 Å². The van der Waals surface area contributed by atoms with E-state index in [1.54, 1.807) is 12.1 Å². The van der Waals surface area contributed by atoms with E-state index < -0.39 is 0 Å². The van der Waals surface area contributed by atoms with Gasteiger partial charge in [0.1, 0.15) is 5.82 Å². The summed E-state index contributed by atoms with van der Waals surface area (Å²) in [5.41, 5.74) is 3.59. The molecule has 0 bridgehead atoms. The average molecular weight is 413 g/mol. The summed E-state index contributed by atoms with van der Waals surface area (Å²) in [7, 11) is 3.93. The maximum absolute atomic E-state index is 13.4. The number of hydrogen-bond acceptors (Lipinski definition) is 5. The van der Waals surface area contributed by atoms with Crippen LogP contribution in [0.5, 0.6) is 0 Å². The first-order valence-corrected chi connectivity index (χ1v) is 10.4. The number of aromatic nitrogens is 3. The van der Waals surface area contributed by atoms with Crippen molar-refractivity contribution < 1.29 is 9.18 Å². The van der Waals surface area contributed by atoms with E-state index in [-0.39, 0.29) is 23.4 Å². The molecule has 3 rings (SSSR count). The van der Waals surface area contributed by atoms with Gasteiger partial charge in [0, 0.05) is 11.3 Å². The standard InChI is InChI=1S/C22H25FN4OS/c1-14-6-11-19(15(2)12-14)20(28)13-29-22-25-24-21(16(3)26(4)5)27(22)18-9-7-17(23)8-10-18/h6-12,16H,13H2,1-5H3/t16-/m1/s1. The fourth-order valence-electron chi connectivity index (χ4n) is 3.04. The van der Waals surface area contributed by atoms with Crippen molar-refractivity contribution in [2.24, 2.45) is 0 Å². The summed E-state index contributed by atoms with van der Waals surface area (Å²) >= 11 is 1.34. The van der Waals surface area contributed by atoms with Crippen molar-refractivity contribution in [3.63, 3.8) is 0 Å². The highest BCUT2D eigenvalue weighted by Gasteiger charge is 2.22. The fraction of sp³-hybridized carbons (Fsp3) is 0.318. The van der Waals surface area contributed by atoms with Crippen molar-refractivity contribution in [2.75, 3.05) is 19.8 Å². The third-order valence-electron chi connectivity index (χ3n) is 4.91. The minimum absolute atomic E-state index is 0.00283. The van der Waals surface area contributed by atoms with Gasteiger partial charge in [-0.15, -0.1) is 10.2 Å². The minimum Gasteiger partial charge on any atom is -0.300 e. The molecule has 0 unspecified atom stereocenters. The number of halogens is 1. The Labute approximate surface area is 175 Å². The van der Waals surface area contributed by atoms with E-state index in [9.17, 15) is 9.18 Å². The summed E-state index contributed by atoms with van der Waals surface area (Å²) in [6.07, 6.45) is 0. The monoisotopic (exact) mass is 412 g/mol. The van der Waals surface area contributed by atoms with Gasteiger partial charge in [-0.05, 0) is 64.7 Å². The van der Waals surface area contributed by atoms with Crippen molar-refractivity contribution >= 4 is 17.5 Å². The number of carbonyl (C=O) groups is 1. The van der Waals surface area contributed by atoms with Gasteiger partial charge in [-0.1, -0.05) is 35.5 Å². The van der Waals surface area contributed by atoms with Crippen LogP contribution in [0.1, 0.15) is 40.3 Å². The molecule has 0 N–H and O–H groups in total. The van der Waals surface area contributed by atoms with Gasteiger partial charge in [0.15, 0.2) is 16.8 Å². The lowest BCUT2D eigenvalue weighted by atomic mass is 10.0. The van der Waals surface area contributed by atoms with Crippen LogP contribution in [0.4, 0.5) is 4.39 Å². The Balaban J connectivity index is 1.90. The smallest absolute Gasteiger partial charge is 0.196 e. The van der Waals surface area contributed by atoms with Gasteiger partial charge < -0.3 is 0 Å². The summed E-state index contributed by atoms with van der Waals surface area (Å²) in [4.78, 5) is 14.8. The Morgan fingerprint density at radius 1 is 1.14 bits per heavy atom. The van der Waals surface area contributed by atoms with E-state index in [0.29, 0.717) is 5.16 Å². The minimum atomic E-state index is -0.303. The van der Waals surface area contributed by atoms with E-state index in [0.717, 1.165) is 28.2 Å². The normalized spacial score (nSPS) is 12.4. The van der Waals surface area contributed by atoms with Crippen LogP contribution in [0, 0.1) is 19.7 Å². The Kier molecular flexibility index (Phi) is 6.49. The van der Waals surface area contributed by atoms with Crippen LogP contribution in [0.15, 0.2) is 47.6 Å². The summed E-state index contributed by atoms with van der Waals surface area (Å²) in [6.45, 7) is 5.98. The number of aryl methyl sites for hydroxylation is 2. The summed E-state index contributed by atoms with van der Waals surface area (Å²) in [5, 5.41) is 9.29. The number of carbonyl (C=O) groups excluding carboxylic acids is 1. The van der Waals surface area contributed by atoms with Gasteiger partial charge in [0.25, 0.3) is 0 Å². The number of hydrogen-bond donors (Lipinski definition) is 0. The molecular weight excluding hydrogens is 387 g/mol. The average Bonchev–Trinajstić information content (AvgIpc) is 3.09. The molecule has 0 aliphatic rings. The number of Topliss-reactive ketones (excluding diaryl/α,β-unsaturated/α-hetero) is 1. The first-order chi connectivity index (χ1) is 13.8. The van der Waals surface area contributed by atoms with Crippen LogP contribution in [-0.2, 0) is 0 Å². The lowest BCUT2D eigenvalue weighted by Crippen LogP contribution is -2.20. The summed E-state index contributed by atoms with van der Waals surface area (Å²) < 4.78 is 15.3. The molecule has 0 amide bonds. The van der Waals surface area contributed by atoms with Crippen molar-refractivity contribution in [3.05, 3.63) is 70.8 Å². The Bertz CT molecular complexity index is 1010. The zero-order valence-corrected chi connectivity index (χ0v) is 18.1. The number of thioether (sulfide) groups is 1. The highest BCUT2D eigenvalue weighted by Crippen LogP contribution is 2.27. The zero-order valence-electron chi connectivity index (χ0n) is 17.3. The van der Waals surface area contributed by atoms with E-state index in [1.165, 1.54) is 23.9 Å². The van der Waals surface area contributed by atoms with E-state index in [2.05, 4.69) is 10.2 Å². The number of rotatable bonds is 7. The molecule has 0 spiro atoms. The highest BCUT2D eigenvalue weighted by atomic mass is 32.2. The highest BCUT2D eigenvalue weighted by molar-refractivity contribution is 7.99. The van der Waals surface area contributed by atoms with E-state index in [1.807, 2.05) is 62.5 Å². The second kappa shape index (κ2) is 8.88. The van der Waals surface area contributed by atoms with Gasteiger partial charge in [0.05, 0.1) is 11.8 Å². The summed E-state index contributed by atoms with van der Waals surface area (Å²) in [6, 6.07) is 12.0. The Hall–Kier alpha value is -2.51. The number of benzene rings is 2. The largest absolute Gasteiger partial charge is 0.300 e. The Morgan fingerprint density at radius 3 is 2.45 bits per heavy atom. The molecule has 7 heteroatoms. The first kappa shape index (κ1) is 21.2. The van der Waals surface area contributed by atoms with Crippen LogP contribution >= 0.6 is 11.8 Å². The van der Waals surface area contributed by atoms with Gasteiger partial charge in [-0.2, -0.15) is 0 Å². The maximum Gasteiger partial charge on any atom is 0.196 e. The number of nitrogens with zero attached hydrogens (tertiary/aromatic N) is 4. The fourth-order valence-corrected chi connectivity index (χ4v) is 3.89. The van der Waals surface area contributed by atoms with Gasteiger partial charge in [0.2, 0.25) is 0 Å². The molecule has 0 fully saturated rings. The molecular formula is C22H25FN4OS. The van der Waals surface area contributed by atoms with Gasteiger partial charge in [-0.3, -0.25) is 14.3 Å². The Morgan fingerprint density at radius 2 is 1.83 bits per heavy atom. The second-order valence-corrected chi connectivity index (χ2v) is 8.26. The molecule has 2 aromatic carbocycles. The SMILES string of the molecule is Cc1ccc(C(=O)CSc2nnc([C@@H](C)N(C)C)n2-c2ccc(F)cc2)c(C)c1. The van der Waals surface area contributed by atoms with Crippen molar-refractivity contribution in [3.8, 4) is 5.69 Å². The maximum atomic E-state index is 13.4. The summed E-state index contributed by atoms with van der Waals surface area (Å²) in [5.74, 6) is 0.731. The molecule has 1 heterocycles. The molecule has 0 aliphatic heterocycles. The lowest BCUT2D eigenvalue weighted by molar-refractivity contribution is 0.102. The first-order valence-electron chi connectivity index (χ1n) is 9.39. The molecule has 1 atom stereocenters. The van der Waals surface area contributed by atoms with Crippen LogP contribution in [0.2, 0.25) is 0 Å². The second-order valence-electron chi connectivity index (χ2n) is 7.32. The molecule has 29 heavy (non-hydrogen) atoms. The molecule has 0 radical (unpaired) electrons. The van der Waals surface area contributed by atoms with Crippen molar-refractivity contribution in [1.29, 1.82) is 0 Å². The lowest BCUT2D eigenvalue weighted by Gasteiger charge is -2.20. The molecule has 3 aromatic rings. The van der Waals surface area contributed by atoms with Crippen molar-refractivity contribution in [2.45, 2.75) is 32.0 Å². The van der Waals surface area contributed by atoms with Crippen LogP contribution < -0.4 is 0 Å². The van der Waals surface area contributed by atoms with Crippen LogP contribution in [-0.4, -0.2) is 45.3 Å². The van der Waals surface area contributed by atoms with Crippen LogP contribution in [0.25, 0.3) is 5.69 Å². The van der Waals surface area contributed by atoms with Crippen molar-refractivity contribution in [1.82, 2.24) is 19.7 Å². The molecule has 152 valence electrons. The topological polar surface area (TPSA) is 51.0 Å². The molecule has 0 saturated carbocycles. The predicted octanol–water partition coefficient (Wildman–Crippen LogP) is 4.62. The predicted molar refractivity (Wildman–Crippen MR) is 114 cm³/mol. The molecule has 0 saturated heterocycles. The van der Waals surface area contributed by atoms with E-state index >= 15 is 0 Å². The third-order valence-corrected chi connectivity index (χ3v) is 5.84. The van der Waals surface area contributed by atoms with Gasteiger partial charge >= 0.3 is 0 Å².